The van der Waals surface area contributed by atoms with Crippen LogP contribution in [0.5, 0.6) is 11.5 Å². The smallest absolute Gasteiger partial charge is 0.256 e. The number of hydrogen-bond donors (Lipinski definition) is 4. The molecule has 2 atom stereocenters. The molecule has 10 N–H and O–H groups in total. The van der Waals surface area contributed by atoms with E-state index in [2.05, 4.69) is 20.6 Å². The van der Waals surface area contributed by atoms with Crippen molar-refractivity contribution in [3.63, 3.8) is 0 Å². The Morgan fingerprint density at radius 3 is 1.06 bits per heavy atom. The maximum Gasteiger partial charge on any atom is 0.256 e. The van der Waals surface area contributed by atoms with Crippen LogP contribution in [-0.2, 0) is 0 Å². The van der Waals surface area contributed by atoms with Crippen molar-refractivity contribution in [3.05, 3.63) is 192 Å². The molecule has 0 aliphatic rings. The number of rotatable bonds is 10. The summed E-state index contributed by atoms with van der Waals surface area (Å²) in [4.78, 5) is 35.8. The fraction of sp³-hybridized carbons (Fsp3) is 0.120. The third kappa shape index (κ3) is 12.4. The molecular weight excluding hydrogens is 815 g/mol. The Kier molecular flexibility index (Phi) is 21.8. The molecule has 0 spiro atoms. The molecule has 63 heavy (non-hydrogen) atoms. The minimum absolute atomic E-state index is 0. The van der Waals surface area contributed by atoms with Crippen molar-refractivity contribution < 1.29 is 36.2 Å². The number of carbonyl (C=O) groups is 2. The van der Waals surface area contributed by atoms with Gasteiger partial charge in [-0.1, -0.05) is 172 Å². The summed E-state index contributed by atoms with van der Waals surface area (Å²) in [6, 6.07) is 53.0. The Balaban J connectivity index is 0.000000402. The van der Waals surface area contributed by atoms with E-state index in [9.17, 15) is 19.8 Å². The zero-order valence-corrected chi connectivity index (χ0v) is 39.8. The molecule has 0 saturated heterocycles. The van der Waals surface area contributed by atoms with E-state index in [0.29, 0.717) is 33.2 Å². The first-order chi connectivity index (χ1) is 28.4. The zero-order valence-electron chi connectivity index (χ0n) is 35.8. The molecule has 314 valence electrons. The quantitative estimate of drug-likeness (QED) is 0.101. The summed E-state index contributed by atoms with van der Waals surface area (Å²) >= 11 is 0. The van der Waals surface area contributed by atoms with Gasteiger partial charge in [0.2, 0.25) is 0 Å². The molecule has 0 bridgehead atoms. The van der Waals surface area contributed by atoms with Crippen LogP contribution >= 0.6 is 0 Å². The van der Waals surface area contributed by atoms with Crippen LogP contribution in [0, 0.1) is 0 Å². The Labute approximate surface area is 411 Å². The number of aromatic nitrogens is 2. The van der Waals surface area contributed by atoms with Crippen LogP contribution in [0.4, 0.5) is 0 Å². The second-order valence-electron chi connectivity index (χ2n) is 13.8. The number of pyridine rings is 2. The van der Waals surface area contributed by atoms with Crippen molar-refractivity contribution in [1.82, 2.24) is 20.6 Å². The van der Waals surface area contributed by atoms with Crippen molar-refractivity contribution in [2.24, 2.45) is 0 Å². The molecule has 11 nitrogen and oxygen atoms in total. The van der Waals surface area contributed by atoms with E-state index in [1.165, 1.54) is 0 Å². The average molecular weight is 865 g/mol. The maximum atomic E-state index is 13.3. The first-order valence-corrected chi connectivity index (χ1v) is 19.4. The van der Waals surface area contributed by atoms with Crippen molar-refractivity contribution in [2.45, 2.75) is 38.8 Å². The standard InChI is InChI=1S/2C25H22N2O2.2Na.3H2O/c2*1-2-20(17-11-5-3-6-12-17)27-25(29)22-19-15-9-10-16-21(19)26-23(24(22)28)18-13-7-4-8-14-18;;;;;/h2*3-16,20,28H,2H2,1H3,(H,27,29);;;3*1H2/t2*20-;;;;;/m00...../s1. The molecule has 0 aliphatic heterocycles. The van der Waals surface area contributed by atoms with Crippen LogP contribution < -0.4 is 10.6 Å². The number of nitrogens with one attached hydrogen (secondary N) is 2. The minimum Gasteiger partial charge on any atom is -0.505 e. The molecule has 2 radical (unpaired) electrons. The summed E-state index contributed by atoms with van der Waals surface area (Å²) in [6.07, 6.45) is 1.48. The van der Waals surface area contributed by atoms with Gasteiger partial charge in [0.25, 0.3) is 11.8 Å². The molecule has 2 amide bonds. The molecule has 0 unspecified atom stereocenters. The predicted molar refractivity (Wildman–Crippen MR) is 254 cm³/mol. The average Bonchev–Trinajstić information content (AvgIpc) is 3.28. The Morgan fingerprint density at radius 1 is 0.460 bits per heavy atom. The van der Waals surface area contributed by atoms with Crippen LogP contribution in [0.25, 0.3) is 44.3 Å². The van der Waals surface area contributed by atoms with Crippen LogP contribution in [0.3, 0.4) is 0 Å². The molecule has 0 saturated carbocycles. The van der Waals surface area contributed by atoms with Gasteiger partial charge < -0.3 is 37.3 Å². The number of fused-ring (bicyclic) bond motifs is 2. The number of hydrogen-bond acceptors (Lipinski definition) is 6. The Hall–Kier alpha value is -5.44. The molecule has 0 fully saturated rings. The summed E-state index contributed by atoms with van der Waals surface area (Å²) in [5.41, 5.74) is 6.25. The van der Waals surface area contributed by atoms with E-state index in [-0.39, 0.29) is 122 Å². The Bertz CT molecular complexity index is 2490. The predicted octanol–water partition coefficient (Wildman–Crippen LogP) is 7.74. The van der Waals surface area contributed by atoms with E-state index in [1.54, 1.807) is 0 Å². The summed E-state index contributed by atoms with van der Waals surface area (Å²) in [7, 11) is 0. The van der Waals surface area contributed by atoms with Crippen LogP contribution in [0.2, 0.25) is 0 Å². The number of aromatic hydroxyl groups is 2. The fourth-order valence-electron chi connectivity index (χ4n) is 7.13. The van der Waals surface area contributed by atoms with Crippen molar-refractivity contribution in [1.29, 1.82) is 0 Å². The summed E-state index contributed by atoms with van der Waals surface area (Å²) < 4.78 is 0. The third-order valence-electron chi connectivity index (χ3n) is 10.1. The number of amides is 2. The number of benzene rings is 6. The van der Waals surface area contributed by atoms with Crippen molar-refractivity contribution in [3.8, 4) is 34.0 Å². The molecule has 0 aliphatic carbocycles. The molecule has 13 heteroatoms. The molecule has 8 aromatic rings. The van der Waals surface area contributed by atoms with Gasteiger partial charge in [-0.15, -0.1) is 0 Å². The van der Waals surface area contributed by atoms with Crippen LogP contribution in [0.1, 0.15) is 70.6 Å². The largest absolute Gasteiger partial charge is 0.505 e. The van der Waals surface area contributed by atoms with Gasteiger partial charge in [-0.2, -0.15) is 0 Å². The third-order valence-corrected chi connectivity index (χ3v) is 10.1. The second-order valence-corrected chi connectivity index (χ2v) is 13.8. The van der Waals surface area contributed by atoms with E-state index in [1.807, 2.05) is 184 Å². The van der Waals surface area contributed by atoms with Gasteiger partial charge in [-0.05, 0) is 36.1 Å². The summed E-state index contributed by atoms with van der Waals surface area (Å²) in [6.45, 7) is 4.05. The molecular formula is C50H50N4Na2O7. The molecule has 2 heterocycles. The first kappa shape index (κ1) is 53.7. The minimum atomic E-state index is -0.311. The van der Waals surface area contributed by atoms with Crippen LogP contribution in [0.15, 0.2) is 170 Å². The molecule has 6 aromatic carbocycles. The second kappa shape index (κ2) is 25.6. The van der Waals surface area contributed by atoms with E-state index >= 15 is 0 Å². The van der Waals surface area contributed by atoms with Gasteiger partial charge in [-0.3, -0.25) is 9.59 Å². The van der Waals surface area contributed by atoms with Gasteiger partial charge in [0, 0.05) is 81.0 Å². The van der Waals surface area contributed by atoms with Crippen LogP contribution in [-0.4, -0.2) is 108 Å². The van der Waals surface area contributed by atoms with Crippen molar-refractivity contribution in [2.75, 3.05) is 0 Å². The van der Waals surface area contributed by atoms with Gasteiger partial charge >= 0.3 is 0 Å². The molecule has 2 aromatic heterocycles. The topological polar surface area (TPSA) is 219 Å². The number of nitrogens with zero attached hydrogens (tertiary/aromatic N) is 2. The molecule has 8 rings (SSSR count). The first-order valence-electron chi connectivity index (χ1n) is 19.4. The van der Waals surface area contributed by atoms with Gasteiger partial charge in [0.05, 0.1) is 34.2 Å². The summed E-state index contributed by atoms with van der Waals surface area (Å²) in [5.74, 6) is -0.825. The zero-order chi connectivity index (χ0) is 40.4. The summed E-state index contributed by atoms with van der Waals surface area (Å²) in [5, 5.41) is 29.5. The van der Waals surface area contributed by atoms with E-state index in [0.717, 1.165) is 35.1 Å². The SMILES string of the molecule is CC[C@H](NC(=O)c1c(O)c(-c2ccccc2)nc2ccccc12)c1ccccc1.CC[C@H](NC(=O)c1c(O)c(-c2ccccc2)nc2ccccc12)c1ccccc1.O.O.O.[Na].[Na]. The fourth-order valence-corrected chi connectivity index (χ4v) is 7.13. The van der Waals surface area contributed by atoms with E-state index in [4.69, 9.17) is 0 Å². The van der Waals surface area contributed by atoms with Crippen molar-refractivity contribution >= 4 is 92.7 Å². The monoisotopic (exact) mass is 864 g/mol. The normalized spacial score (nSPS) is 11.0. The van der Waals surface area contributed by atoms with E-state index < -0.39 is 0 Å². The van der Waals surface area contributed by atoms with Gasteiger partial charge in [-0.25, -0.2) is 9.97 Å². The maximum absolute atomic E-state index is 13.3. The number of carbonyl (C=O) groups excluding carboxylic acids is 2. The Morgan fingerprint density at radius 2 is 0.746 bits per heavy atom. The van der Waals surface area contributed by atoms with Gasteiger partial charge in [0.15, 0.2) is 11.5 Å². The number of para-hydroxylation sites is 2. The van der Waals surface area contributed by atoms with Gasteiger partial charge in [0.1, 0.15) is 11.4 Å².